The fraction of sp³-hybridized carbons (Fsp3) is 0.571. The van der Waals surface area contributed by atoms with Crippen molar-refractivity contribution < 1.29 is 22.3 Å². The van der Waals surface area contributed by atoms with Gasteiger partial charge in [0.1, 0.15) is 5.82 Å². The molecule has 0 aliphatic heterocycles. The maximum absolute atomic E-state index is 13.1. The molecule has 1 aliphatic carbocycles. The molecule has 0 amide bonds. The first-order chi connectivity index (χ1) is 9.45. The number of benzene rings is 1. The lowest BCUT2D eigenvalue weighted by molar-refractivity contribution is -0.137. The highest BCUT2D eigenvalue weighted by Gasteiger charge is 2.31. The molecule has 0 unspecified atom stereocenters. The third-order valence-corrected chi connectivity index (χ3v) is 3.09. The highest BCUT2D eigenvalue weighted by Crippen LogP contribution is 2.30. The summed E-state index contributed by atoms with van der Waals surface area (Å²) >= 11 is 0. The van der Waals surface area contributed by atoms with Gasteiger partial charge in [0, 0.05) is 19.7 Å². The molecule has 0 aromatic heterocycles. The van der Waals surface area contributed by atoms with Crippen LogP contribution in [0, 0.1) is 11.7 Å². The van der Waals surface area contributed by atoms with E-state index >= 15 is 0 Å². The Hall–Kier alpha value is -1.14. The molecule has 2 nitrogen and oxygen atoms in total. The molecule has 1 saturated carbocycles. The Morgan fingerprint density at radius 3 is 2.60 bits per heavy atom. The number of alkyl halides is 3. The van der Waals surface area contributed by atoms with Gasteiger partial charge in [-0.1, -0.05) is 0 Å². The van der Waals surface area contributed by atoms with E-state index in [0.717, 1.165) is 18.7 Å². The van der Waals surface area contributed by atoms with Crippen LogP contribution in [0.25, 0.3) is 0 Å². The summed E-state index contributed by atoms with van der Waals surface area (Å²) in [5.74, 6) is -0.186. The first-order valence-corrected chi connectivity index (χ1v) is 6.60. The monoisotopic (exact) mass is 291 g/mol. The summed E-state index contributed by atoms with van der Waals surface area (Å²) < 4.78 is 56.0. The van der Waals surface area contributed by atoms with Crippen LogP contribution in [0.2, 0.25) is 0 Å². The number of hydrogen-bond acceptors (Lipinski definition) is 2. The van der Waals surface area contributed by atoms with E-state index in [2.05, 4.69) is 5.32 Å². The molecule has 0 bridgehead atoms. The van der Waals surface area contributed by atoms with E-state index in [1.807, 2.05) is 0 Å². The van der Waals surface area contributed by atoms with E-state index < -0.39 is 17.6 Å². The minimum atomic E-state index is -4.52. The molecule has 112 valence electrons. The van der Waals surface area contributed by atoms with Gasteiger partial charge in [0.15, 0.2) is 0 Å². The van der Waals surface area contributed by atoms with Gasteiger partial charge >= 0.3 is 6.18 Å². The molecule has 0 atom stereocenters. The van der Waals surface area contributed by atoms with Gasteiger partial charge in [0.25, 0.3) is 0 Å². The van der Waals surface area contributed by atoms with Crippen LogP contribution in [0.3, 0.4) is 0 Å². The van der Waals surface area contributed by atoms with Crippen LogP contribution in [0.15, 0.2) is 18.2 Å². The third kappa shape index (κ3) is 5.09. The van der Waals surface area contributed by atoms with E-state index in [4.69, 9.17) is 4.74 Å². The molecule has 0 heterocycles. The Bertz CT molecular complexity index is 443. The van der Waals surface area contributed by atoms with Crippen molar-refractivity contribution in [3.05, 3.63) is 35.1 Å². The quantitative estimate of drug-likeness (QED) is 0.614. The van der Waals surface area contributed by atoms with Gasteiger partial charge < -0.3 is 10.1 Å². The Kier molecular flexibility index (Phi) is 4.99. The van der Waals surface area contributed by atoms with E-state index in [1.165, 1.54) is 12.8 Å². The number of nitrogens with one attached hydrogen (secondary N) is 1. The molecule has 0 radical (unpaired) electrons. The Labute approximate surface area is 115 Å². The van der Waals surface area contributed by atoms with E-state index in [1.54, 1.807) is 0 Å². The summed E-state index contributed by atoms with van der Waals surface area (Å²) in [5, 5.41) is 2.94. The molecule has 1 N–H and O–H groups in total. The first-order valence-electron chi connectivity index (χ1n) is 6.60. The lowest BCUT2D eigenvalue weighted by atomic mass is 10.1. The molecule has 1 fully saturated rings. The second-order valence-corrected chi connectivity index (χ2v) is 5.04. The molecule has 1 aromatic rings. The Morgan fingerprint density at radius 2 is 1.95 bits per heavy atom. The van der Waals surface area contributed by atoms with E-state index in [9.17, 15) is 17.6 Å². The summed E-state index contributed by atoms with van der Waals surface area (Å²) in [4.78, 5) is 0. The predicted octanol–water partition coefficient (Wildman–Crippen LogP) is 3.36. The molecule has 1 aliphatic rings. The van der Waals surface area contributed by atoms with Crippen LogP contribution in [0.4, 0.5) is 17.6 Å². The average Bonchev–Trinajstić information content (AvgIpc) is 3.16. The number of ether oxygens (including phenoxy) is 1. The smallest absolute Gasteiger partial charge is 0.380 e. The summed E-state index contributed by atoms with van der Waals surface area (Å²) in [6, 6.07) is 2.57. The van der Waals surface area contributed by atoms with Gasteiger partial charge in [-0.25, -0.2) is 4.39 Å². The highest BCUT2D eigenvalue weighted by atomic mass is 19.4. The Morgan fingerprint density at radius 1 is 1.20 bits per heavy atom. The van der Waals surface area contributed by atoms with Crippen molar-refractivity contribution in [3.8, 4) is 0 Å². The normalized spacial score (nSPS) is 15.6. The maximum Gasteiger partial charge on any atom is 0.416 e. The zero-order chi connectivity index (χ0) is 14.6. The molecule has 6 heteroatoms. The van der Waals surface area contributed by atoms with Crippen LogP contribution in [-0.4, -0.2) is 19.8 Å². The molecular weight excluding hydrogens is 274 g/mol. The van der Waals surface area contributed by atoms with E-state index in [0.29, 0.717) is 25.1 Å². The van der Waals surface area contributed by atoms with Crippen molar-refractivity contribution in [1.29, 1.82) is 0 Å². The van der Waals surface area contributed by atoms with Gasteiger partial charge in [-0.15, -0.1) is 0 Å². The van der Waals surface area contributed by atoms with Crippen molar-refractivity contribution in [2.24, 2.45) is 5.92 Å². The Balaban J connectivity index is 1.75. The number of halogens is 4. The van der Waals surface area contributed by atoms with Crippen LogP contribution in [-0.2, 0) is 17.5 Å². The number of hydrogen-bond donors (Lipinski definition) is 1. The van der Waals surface area contributed by atoms with Gasteiger partial charge in [-0.3, -0.25) is 0 Å². The molecule has 2 rings (SSSR count). The maximum atomic E-state index is 13.1. The average molecular weight is 291 g/mol. The number of rotatable bonds is 7. The molecule has 20 heavy (non-hydrogen) atoms. The topological polar surface area (TPSA) is 21.3 Å². The minimum Gasteiger partial charge on any atom is -0.380 e. The molecule has 0 spiro atoms. The minimum absolute atomic E-state index is 0.188. The van der Waals surface area contributed by atoms with Gasteiger partial charge in [0.05, 0.1) is 12.2 Å². The molecule has 1 aromatic carbocycles. The second-order valence-electron chi connectivity index (χ2n) is 5.04. The van der Waals surface area contributed by atoms with Gasteiger partial charge in [-0.05, 0) is 42.5 Å². The molecular formula is C14H17F4NO. The zero-order valence-corrected chi connectivity index (χ0v) is 11.0. The zero-order valence-electron chi connectivity index (χ0n) is 11.0. The van der Waals surface area contributed by atoms with Crippen LogP contribution in [0.1, 0.15) is 24.0 Å². The van der Waals surface area contributed by atoms with Crippen molar-refractivity contribution >= 4 is 0 Å². The second kappa shape index (κ2) is 6.54. The standard InChI is InChI=1S/C14H17F4NO/c15-13-6-11(5-12(7-13)14(16,17)18)8-19-3-4-20-9-10-1-2-10/h5-7,10,19H,1-4,8-9H2. The SMILES string of the molecule is Fc1cc(CNCCOCC2CC2)cc(C(F)(F)F)c1. The molecule has 0 saturated heterocycles. The lowest BCUT2D eigenvalue weighted by Gasteiger charge is -2.10. The van der Waals surface area contributed by atoms with Gasteiger partial charge in [0.2, 0.25) is 0 Å². The van der Waals surface area contributed by atoms with Crippen LogP contribution in [0.5, 0.6) is 0 Å². The van der Waals surface area contributed by atoms with Crippen LogP contribution >= 0.6 is 0 Å². The van der Waals surface area contributed by atoms with Crippen molar-refractivity contribution in [1.82, 2.24) is 5.32 Å². The van der Waals surface area contributed by atoms with Crippen molar-refractivity contribution in [2.45, 2.75) is 25.6 Å². The fourth-order valence-electron chi connectivity index (χ4n) is 1.83. The van der Waals surface area contributed by atoms with E-state index in [-0.39, 0.29) is 12.1 Å². The summed E-state index contributed by atoms with van der Waals surface area (Å²) in [6.07, 6.45) is -2.09. The largest absolute Gasteiger partial charge is 0.416 e. The van der Waals surface area contributed by atoms with Crippen molar-refractivity contribution in [3.63, 3.8) is 0 Å². The fourth-order valence-corrected chi connectivity index (χ4v) is 1.83. The highest BCUT2D eigenvalue weighted by molar-refractivity contribution is 5.26. The summed E-state index contributed by atoms with van der Waals surface area (Å²) in [5.41, 5.74) is -0.682. The summed E-state index contributed by atoms with van der Waals surface area (Å²) in [6.45, 7) is 1.98. The van der Waals surface area contributed by atoms with Crippen molar-refractivity contribution in [2.75, 3.05) is 19.8 Å². The van der Waals surface area contributed by atoms with Gasteiger partial charge in [-0.2, -0.15) is 13.2 Å². The third-order valence-electron chi connectivity index (χ3n) is 3.09. The lowest BCUT2D eigenvalue weighted by Crippen LogP contribution is -2.20. The summed E-state index contributed by atoms with van der Waals surface area (Å²) in [7, 11) is 0. The van der Waals surface area contributed by atoms with Crippen LogP contribution < -0.4 is 5.32 Å². The predicted molar refractivity (Wildman–Crippen MR) is 66.7 cm³/mol. The first kappa shape index (κ1) is 15.3.